The van der Waals surface area contributed by atoms with Crippen molar-refractivity contribution in [3.05, 3.63) is 72.3 Å². The minimum Gasteiger partial charge on any atom is -0.265 e. The largest absolute Gasteiger partial charge is 0.265 e. The fraction of sp³-hybridized carbons (Fsp3) is 0.158. The number of allylic oxidation sites excluding steroid dienone is 2. The van der Waals surface area contributed by atoms with Gasteiger partial charge in [0.1, 0.15) is 6.34 Å². The fourth-order valence-electron chi connectivity index (χ4n) is 3.53. The van der Waals surface area contributed by atoms with Crippen LogP contribution in [0.25, 0.3) is 10.8 Å². The number of fused-ring (bicyclic) bond motifs is 5. The van der Waals surface area contributed by atoms with Crippen LogP contribution in [0, 0.1) is 5.92 Å². The molecule has 2 heteroatoms. The summed E-state index contributed by atoms with van der Waals surface area (Å²) in [5.74, 6) is 0.293. The molecule has 0 amide bonds. The summed E-state index contributed by atoms with van der Waals surface area (Å²) in [7, 11) is 0. The Morgan fingerprint density at radius 3 is 2.90 bits per heavy atom. The molecule has 21 heavy (non-hydrogen) atoms. The summed E-state index contributed by atoms with van der Waals surface area (Å²) in [6, 6.07) is 13.1. The number of aliphatic imine (C=N–C) groups is 2. The maximum atomic E-state index is 4.62. The first kappa shape index (κ1) is 12.3. The van der Waals surface area contributed by atoms with Crippen LogP contribution in [0.15, 0.2) is 71.2 Å². The van der Waals surface area contributed by atoms with Crippen LogP contribution in [0.3, 0.4) is 0 Å². The van der Waals surface area contributed by atoms with E-state index in [9.17, 15) is 0 Å². The summed E-state index contributed by atoms with van der Waals surface area (Å²) in [5, 5.41) is 2.63. The molecule has 0 N–H and O–H groups in total. The summed E-state index contributed by atoms with van der Waals surface area (Å²) in [6.07, 6.45) is 4.44. The molecule has 0 aromatic heterocycles. The van der Waals surface area contributed by atoms with E-state index in [4.69, 9.17) is 0 Å². The molecule has 1 aliphatic carbocycles. The third-order valence-corrected chi connectivity index (χ3v) is 4.55. The molecule has 0 fully saturated rings. The molecule has 0 radical (unpaired) electrons. The Bertz CT molecular complexity index is 827. The second-order valence-corrected chi connectivity index (χ2v) is 5.62. The van der Waals surface area contributed by atoms with Gasteiger partial charge >= 0.3 is 0 Å². The highest BCUT2D eigenvalue weighted by molar-refractivity contribution is 6.09. The van der Waals surface area contributed by atoms with E-state index in [0.717, 1.165) is 17.7 Å². The first-order valence-electron chi connectivity index (χ1n) is 7.21. The number of rotatable bonds is 2. The Morgan fingerprint density at radius 1 is 1.19 bits per heavy atom. The molecule has 2 unspecified atom stereocenters. The van der Waals surface area contributed by atoms with Gasteiger partial charge in [0, 0.05) is 5.92 Å². The summed E-state index contributed by atoms with van der Waals surface area (Å²) in [6.45, 7) is 7.90. The molecule has 1 heterocycles. The lowest BCUT2D eigenvalue weighted by Crippen LogP contribution is -2.22. The normalized spacial score (nSPS) is 22.6. The highest BCUT2D eigenvalue weighted by Gasteiger charge is 2.37. The molecule has 0 saturated heterocycles. The molecular formula is C19H16N2. The van der Waals surface area contributed by atoms with Crippen molar-refractivity contribution in [3.8, 4) is 0 Å². The monoisotopic (exact) mass is 272 g/mol. The summed E-state index contributed by atoms with van der Waals surface area (Å²) >= 11 is 0. The number of nitrogens with zero attached hydrogens (tertiary/aromatic N) is 2. The van der Waals surface area contributed by atoms with E-state index < -0.39 is 0 Å². The topological polar surface area (TPSA) is 24.7 Å². The fourth-order valence-corrected chi connectivity index (χ4v) is 3.53. The number of hydrogen-bond donors (Lipinski definition) is 0. The van der Waals surface area contributed by atoms with E-state index in [1.165, 1.54) is 21.9 Å². The molecule has 2 aliphatic rings. The first-order chi connectivity index (χ1) is 10.3. The maximum Gasteiger partial charge on any atom is 0.110 e. The maximum absolute atomic E-state index is 4.62. The first-order valence-corrected chi connectivity index (χ1v) is 7.21. The lowest BCUT2D eigenvalue weighted by atomic mass is 9.90. The Balaban J connectivity index is 1.88. The molecule has 2 nitrogen and oxygen atoms in total. The van der Waals surface area contributed by atoms with Crippen LogP contribution in [-0.2, 0) is 6.42 Å². The van der Waals surface area contributed by atoms with E-state index in [2.05, 4.69) is 59.5 Å². The predicted molar refractivity (Wildman–Crippen MR) is 89.1 cm³/mol. The highest BCUT2D eigenvalue weighted by Crippen LogP contribution is 2.44. The Labute approximate surface area is 124 Å². The zero-order chi connectivity index (χ0) is 14.4. The second kappa shape index (κ2) is 4.52. The average Bonchev–Trinajstić information content (AvgIpc) is 2.93. The molecule has 2 aromatic rings. The van der Waals surface area contributed by atoms with Crippen molar-refractivity contribution in [2.75, 3.05) is 0 Å². The van der Waals surface area contributed by atoms with Crippen molar-refractivity contribution >= 4 is 22.8 Å². The van der Waals surface area contributed by atoms with Crippen molar-refractivity contribution < 1.29 is 0 Å². The summed E-state index contributed by atoms with van der Waals surface area (Å²) in [5.41, 5.74) is 4.68. The molecule has 0 bridgehead atoms. The molecular weight excluding hydrogens is 256 g/mol. The van der Waals surface area contributed by atoms with Crippen LogP contribution in [0.5, 0.6) is 0 Å². The van der Waals surface area contributed by atoms with Gasteiger partial charge in [0.2, 0.25) is 0 Å². The summed E-state index contributed by atoms with van der Waals surface area (Å²) in [4.78, 5) is 9.08. The standard InChI is InChI=1S/C19H16N2/c1-3-12(2)18-17-10-16-14-7-5-4-6-13(14)8-9-15(16)19(17)21-11-20-18/h3-9,11,17,19H,1-2,10H2. The van der Waals surface area contributed by atoms with Gasteiger partial charge in [0.05, 0.1) is 11.8 Å². The average molecular weight is 272 g/mol. The van der Waals surface area contributed by atoms with Crippen molar-refractivity contribution in [2.45, 2.75) is 12.5 Å². The van der Waals surface area contributed by atoms with E-state index >= 15 is 0 Å². The minimum atomic E-state index is 0.175. The molecule has 2 atom stereocenters. The van der Waals surface area contributed by atoms with E-state index in [1.54, 1.807) is 12.4 Å². The van der Waals surface area contributed by atoms with Gasteiger partial charge in [-0.25, -0.2) is 4.99 Å². The lowest BCUT2D eigenvalue weighted by molar-refractivity contribution is 0.600. The molecule has 4 rings (SSSR count). The van der Waals surface area contributed by atoms with Gasteiger partial charge in [-0.1, -0.05) is 55.6 Å². The van der Waals surface area contributed by atoms with Crippen LogP contribution in [0.2, 0.25) is 0 Å². The molecule has 1 aliphatic heterocycles. The van der Waals surface area contributed by atoms with Gasteiger partial charge in [0.15, 0.2) is 0 Å². The number of benzene rings is 2. The van der Waals surface area contributed by atoms with Gasteiger partial charge < -0.3 is 0 Å². The summed E-state index contributed by atoms with van der Waals surface area (Å²) < 4.78 is 0. The third-order valence-electron chi connectivity index (χ3n) is 4.55. The van der Waals surface area contributed by atoms with Gasteiger partial charge in [-0.15, -0.1) is 0 Å². The Morgan fingerprint density at radius 2 is 2.05 bits per heavy atom. The zero-order valence-corrected chi connectivity index (χ0v) is 11.8. The number of hydrogen-bond acceptors (Lipinski definition) is 2. The molecule has 0 spiro atoms. The van der Waals surface area contributed by atoms with E-state index in [1.807, 2.05) is 0 Å². The van der Waals surface area contributed by atoms with Gasteiger partial charge in [0.25, 0.3) is 0 Å². The third kappa shape index (κ3) is 1.72. The van der Waals surface area contributed by atoms with Crippen LogP contribution >= 0.6 is 0 Å². The van der Waals surface area contributed by atoms with Crippen LogP contribution in [0.4, 0.5) is 0 Å². The Hall–Kier alpha value is -2.48. The van der Waals surface area contributed by atoms with Crippen molar-refractivity contribution in [2.24, 2.45) is 15.9 Å². The van der Waals surface area contributed by atoms with Crippen molar-refractivity contribution in [3.63, 3.8) is 0 Å². The van der Waals surface area contributed by atoms with Gasteiger partial charge in [-0.3, -0.25) is 4.99 Å². The highest BCUT2D eigenvalue weighted by atomic mass is 15.0. The predicted octanol–water partition coefficient (Wildman–Crippen LogP) is 4.28. The van der Waals surface area contributed by atoms with Crippen molar-refractivity contribution in [1.82, 2.24) is 0 Å². The molecule has 2 aromatic carbocycles. The van der Waals surface area contributed by atoms with E-state index in [-0.39, 0.29) is 6.04 Å². The zero-order valence-electron chi connectivity index (χ0n) is 11.8. The van der Waals surface area contributed by atoms with Gasteiger partial charge in [-0.05, 0) is 33.9 Å². The Kier molecular flexibility index (Phi) is 2.64. The van der Waals surface area contributed by atoms with Gasteiger partial charge in [-0.2, -0.15) is 0 Å². The van der Waals surface area contributed by atoms with E-state index in [0.29, 0.717) is 5.92 Å². The smallest absolute Gasteiger partial charge is 0.110 e. The molecule has 0 saturated carbocycles. The van der Waals surface area contributed by atoms with Crippen LogP contribution < -0.4 is 0 Å². The second-order valence-electron chi connectivity index (χ2n) is 5.62. The molecule has 102 valence electrons. The van der Waals surface area contributed by atoms with Crippen LogP contribution in [0.1, 0.15) is 17.2 Å². The minimum absolute atomic E-state index is 0.175. The van der Waals surface area contributed by atoms with Crippen LogP contribution in [-0.4, -0.2) is 12.1 Å². The van der Waals surface area contributed by atoms with Crippen molar-refractivity contribution in [1.29, 1.82) is 0 Å². The SMILES string of the molecule is C=CC(=C)C1=NC=NC2c3ccc4ccccc4c3CC12. The quantitative estimate of drug-likeness (QED) is 0.729. The lowest BCUT2D eigenvalue weighted by Gasteiger charge is -2.21.